The van der Waals surface area contributed by atoms with Crippen molar-refractivity contribution in [2.45, 2.75) is 38.7 Å². The summed E-state index contributed by atoms with van der Waals surface area (Å²) in [7, 11) is 0. The lowest BCUT2D eigenvalue weighted by molar-refractivity contribution is -0.187. The van der Waals surface area contributed by atoms with Crippen LogP contribution in [-0.2, 0) is 12.5 Å². The van der Waals surface area contributed by atoms with Crippen LogP contribution >= 0.6 is 0 Å². The highest BCUT2D eigenvalue weighted by atomic mass is 19.3. The summed E-state index contributed by atoms with van der Waals surface area (Å²) in [6, 6.07) is 25.4. The van der Waals surface area contributed by atoms with Gasteiger partial charge in [-0.15, -0.1) is 0 Å². The number of aryl methyl sites for hydroxylation is 1. The van der Waals surface area contributed by atoms with Crippen molar-refractivity contribution < 1.29 is 31.1 Å². The first-order valence-corrected chi connectivity index (χ1v) is 14.0. The maximum absolute atomic E-state index is 15.0. The third kappa shape index (κ3) is 6.94. The lowest BCUT2D eigenvalue weighted by Gasteiger charge is -2.19. The first-order chi connectivity index (χ1) is 20.6. The van der Waals surface area contributed by atoms with Crippen LogP contribution in [0.15, 0.2) is 103 Å². The minimum Gasteiger partial charge on any atom is -0.429 e. The Morgan fingerprint density at radius 2 is 1.00 bits per heavy atom. The van der Waals surface area contributed by atoms with Crippen LogP contribution in [0.3, 0.4) is 0 Å². The number of benzene rings is 5. The molecule has 0 atom stereocenters. The average molecular weight is 591 g/mol. The molecular formula is C36H28F6O. The zero-order valence-corrected chi connectivity index (χ0v) is 23.3. The maximum Gasteiger partial charge on any atom is 0.429 e. The van der Waals surface area contributed by atoms with Gasteiger partial charge in [0.2, 0.25) is 0 Å². The number of hydrogen-bond donors (Lipinski definition) is 0. The fraction of sp³-hybridized carbons (Fsp3) is 0.167. The van der Waals surface area contributed by atoms with Gasteiger partial charge in [0.25, 0.3) is 0 Å². The number of alkyl halides is 2. The standard InChI is InChI=1S/C36H28F6O/c1-2-3-4-5-23-6-8-26(9-7-23)28-16-19-31(32(37)20-28)36(41,42)43-30-17-14-25(15-18-30)24-10-12-27(13-11-24)29-21-33(38)35(40)34(39)22-29/h6-22H,2-5H2,1H3. The van der Waals surface area contributed by atoms with Gasteiger partial charge in [0.1, 0.15) is 11.6 Å². The second-order valence-corrected chi connectivity index (χ2v) is 10.3. The molecule has 5 rings (SSSR count). The molecule has 43 heavy (non-hydrogen) atoms. The molecule has 1 nitrogen and oxygen atoms in total. The molecule has 0 N–H and O–H groups in total. The molecule has 0 spiro atoms. The molecule has 0 radical (unpaired) electrons. The summed E-state index contributed by atoms with van der Waals surface area (Å²) in [6.45, 7) is 2.14. The molecule has 5 aromatic carbocycles. The predicted molar refractivity (Wildman–Crippen MR) is 157 cm³/mol. The lowest BCUT2D eigenvalue weighted by Crippen LogP contribution is -2.23. The summed E-state index contributed by atoms with van der Waals surface area (Å²) in [4.78, 5) is 0. The molecule has 0 aliphatic carbocycles. The van der Waals surface area contributed by atoms with E-state index in [4.69, 9.17) is 4.74 Å². The van der Waals surface area contributed by atoms with Crippen molar-refractivity contribution in [2.75, 3.05) is 0 Å². The zero-order chi connectivity index (χ0) is 30.6. The van der Waals surface area contributed by atoms with Crippen LogP contribution in [0, 0.1) is 23.3 Å². The van der Waals surface area contributed by atoms with Gasteiger partial charge >= 0.3 is 6.11 Å². The minimum atomic E-state index is -3.92. The maximum atomic E-state index is 15.0. The van der Waals surface area contributed by atoms with Crippen molar-refractivity contribution >= 4 is 0 Å². The molecule has 0 amide bonds. The van der Waals surface area contributed by atoms with Gasteiger partial charge in [0.15, 0.2) is 17.5 Å². The summed E-state index contributed by atoms with van der Waals surface area (Å²) in [5.74, 6) is -5.35. The number of ether oxygens (including phenoxy) is 1. The van der Waals surface area contributed by atoms with E-state index in [-0.39, 0.29) is 11.3 Å². The molecule has 7 heteroatoms. The fourth-order valence-electron chi connectivity index (χ4n) is 4.87. The van der Waals surface area contributed by atoms with E-state index in [2.05, 4.69) is 6.92 Å². The third-order valence-electron chi connectivity index (χ3n) is 7.27. The van der Waals surface area contributed by atoms with E-state index in [1.54, 1.807) is 36.4 Å². The van der Waals surface area contributed by atoms with Gasteiger partial charge in [-0.2, -0.15) is 8.78 Å². The largest absolute Gasteiger partial charge is 0.429 e. The van der Waals surface area contributed by atoms with Crippen LogP contribution in [0.25, 0.3) is 33.4 Å². The number of rotatable bonds is 10. The van der Waals surface area contributed by atoms with Crippen molar-refractivity contribution in [1.29, 1.82) is 0 Å². The smallest absolute Gasteiger partial charge is 0.429 e. The van der Waals surface area contributed by atoms with Gasteiger partial charge < -0.3 is 4.74 Å². The van der Waals surface area contributed by atoms with Crippen LogP contribution < -0.4 is 4.74 Å². The fourth-order valence-corrected chi connectivity index (χ4v) is 4.87. The van der Waals surface area contributed by atoms with Gasteiger partial charge in [-0.1, -0.05) is 86.5 Å². The predicted octanol–water partition coefficient (Wildman–Crippen LogP) is 11.1. The molecule has 0 saturated heterocycles. The monoisotopic (exact) mass is 590 g/mol. The van der Waals surface area contributed by atoms with E-state index in [1.807, 2.05) is 24.3 Å². The molecular weight excluding hydrogens is 562 g/mol. The molecule has 0 bridgehead atoms. The van der Waals surface area contributed by atoms with E-state index < -0.39 is 34.9 Å². The van der Waals surface area contributed by atoms with E-state index in [0.717, 1.165) is 55.5 Å². The Morgan fingerprint density at radius 1 is 0.535 bits per heavy atom. The van der Waals surface area contributed by atoms with E-state index in [0.29, 0.717) is 22.3 Å². The van der Waals surface area contributed by atoms with Gasteiger partial charge in [-0.3, -0.25) is 0 Å². The number of hydrogen-bond acceptors (Lipinski definition) is 1. The van der Waals surface area contributed by atoms with Gasteiger partial charge in [-0.25, -0.2) is 17.6 Å². The second kappa shape index (κ2) is 12.8. The molecule has 5 aromatic rings. The highest BCUT2D eigenvalue weighted by molar-refractivity contribution is 5.71. The summed E-state index contributed by atoms with van der Waals surface area (Å²) in [5, 5.41) is 0. The molecule has 0 heterocycles. The number of unbranched alkanes of at least 4 members (excludes halogenated alkanes) is 2. The first kappa shape index (κ1) is 30.0. The zero-order valence-electron chi connectivity index (χ0n) is 23.3. The Kier molecular flexibility index (Phi) is 8.90. The van der Waals surface area contributed by atoms with Crippen LogP contribution in [0.5, 0.6) is 5.75 Å². The third-order valence-corrected chi connectivity index (χ3v) is 7.27. The Balaban J connectivity index is 1.26. The average Bonchev–Trinajstić information content (AvgIpc) is 3.00. The molecule has 220 valence electrons. The van der Waals surface area contributed by atoms with E-state index >= 15 is 8.78 Å². The van der Waals surface area contributed by atoms with E-state index in [9.17, 15) is 17.6 Å². The molecule has 0 aliphatic rings. The van der Waals surface area contributed by atoms with Gasteiger partial charge in [-0.05, 0) is 88.2 Å². The van der Waals surface area contributed by atoms with Gasteiger partial charge in [0, 0.05) is 0 Å². The Labute approximate surface area is 246 Å². The molecule has 0 unspecified atom stereocenters. The highest BCUT2D eigenvalue weighted by Crippen LogP contribution is 2.36. The first-order valence-electron chi connectivity index (χ1n) is 14.0. The summed E-state index contributed by atoms with van der Waals surface area (Å²) >= 11 is 0. The van der Waals surface area contributed by atoms with Crippen molar-refractivity contribution in [3.8, 4) is 39.1 Å². The Hall–Kier alpha value is -4.52. The van der Waals surface area contributed by atoms with Crippen LogP contribution in [-0.4, -0.2) is 0 Å². The Morgan fingerprint density at radius 3 is 1.56 bits per heavy atom. The highest BCUT2D eigenvalue weighted by Gasteiger charge is 2.37. The molecule has 0 aliphatic heterocycles. The van der Waals surface area contributed by atoms with Crippen molar-refractivity contribution in [1.82, 2.24) is 0 Å². The van der Waals surface area contributed by atoms with Crippen molar-refractivity contribution in [3.63, 3.8) is 0 Å². The lowest BCUT2D eigenvalue weighted by atomic mass is 10.00. The quantitative estimate of drug-likeness (QED) is 0.0893. The summed E-state index contributed by atoms with van der Waals surface area (Å²) in [6.07, 6.45) is 0.413. The van der Waals surface area contributed by atoms with Crippen LogP contribution in [0.2, 0.25) is 0 Å². The van der Waals surface area contributed by atoms with Crippen LogP contribution in [0.4, 0.5) is 26.3 Å². The second-order valence-electron chi connectivity index (χ2n) is 10.3. The summed E-state index contributed by atoms with van der Waals surface area (Å²) in [5.41, 5.74) is 3.51. The molecule has 0 aromatic heterocycles. The minimum absolute atomic E-state index is 0.162. The topological polar surface area (TPSA) is 9.23 Å². The van der Waals surface area contributed by atoms with Crippen LogP contribution in [0.1, 0.15) is 37.3 Å². The normalized spacial score (nSPS) is 11.5. The van der Waals surface area contributed by atoms with Crippen molar-refractivity contribution in [3.05, 3.63) is 138 Å². The molecule has 0 fully saturated rings. The van der Waals surface area contributed by atoms with E-state index in [1.165, 1.54) is 23.8 Å². The molecule has 0 saturated carbocycles. The summed E-state index contributed by atoms with van der Waals surface area (Å²) < 4.78 is 90.3. The SMILES string of the molecule is CCCCCc1ccc(-c2ccc(C(F)(F)Oc3ccc(-c4ccc(-c5cc(F)c(F)c(F)c5)cc4)cc3)c(F)c2)cc1. The van der Waals surface area contributed by atoms with Crippen molar-refractivity contribution in [2.24, 2.45) is 0 Å². The Bertz CT molecular complexity index is 1670. The van der Waals surface area contributed by atoms with Gasteiger partial charge in [0.05, 0.1) is 5.56 Å². The number of halogens is 6.